The van der Waals surface area contributed by atoms with Crippen molar-refractivity contribution in [3.63, 3.8) is 0 Å². The molecule has 0 unspecified atom stereocenters. The number of rotatable bonds is 8. The van der Waals surface area contributed by atoms with Crippen molar-refractivity contribution in [2.45, 2.75) is 13.0 Å². The molecular formula is C25H23FN6O6. The zero-order valence-corrected chi connectivity index (χ0v) is 20.4. The molecule has 13 heteroatoms. The highest BCUT2D eigenvalue weighted by Gasteiger charge is 2.18. The summed E-state index contributed by atoms with van der Waals surface area (Å²) >= 11 is 0. The Balaban J connectivity index is 0.000000436. The summed E-state index contributed by atoms with van der Waals surface area (Å²) in [5.74, 6) is -2.87. The highest BCUT2D eigenvalue weighted by atomic mass is 19.1. The molecule has 0 atom stereocenters. The summed E-state index contributed by atoms with van der Waals surface area (Å²) in [6.07, 6.45) is 5.05. The van der Waals surface area contributed by atoms with Gasteiger partial charge in [-0.3, -0.25) is 14.5 Å². The first kappa shape index (κ1) is 27.4. The van der Waals surface area contributed by atoms with Crippen molar-refractivity contribution in [2.24, 2.45) is 0 Å². The highest BCUT2D eigenvalue weighted by molar-refractivity contribution is 5.90. The van der Waals surface area contributed by atoms with Crippen LogP contribution in [0.3, 0.4) is 0 Å². The van der Waals surface area contributed by atoms with Crippen LogP contribution >= 0.6 is 0 Å². The Hall–Kier alpha value is -5.20. The number of aliphatic carboxylic acids is 2. The number of hydrogen-bond acceptors (Lipinski definition) is 8. The lowest BCUT2D eigenvalue weighted by molar-refractivity contribution is -0.134. The van der Waals surface area contributed by atoms with Gasteiger partial charge in [-0.15, -0.1) is 0 Å². The summed E-state index contributed by atoms with van der Waals surface area (Å²) < 4.78 is 20.3. The molecule has 0 fully saturated rings. The molecule has 1 amide bonds. The summed E-state index contributed by atoms with van der Waals surface area (Å²) in [5, 5.41) is 24.0. The highest BCUT2D eigenvalue weighted by Crippen LogP contribution is 2.21. The number of halogens is 1. The van der Waals surface area contributed by atoms with E-state index in [1.54, 1.807) is 43.3 Å². The molecule has 0 saturated carbocycles. The maximum absolute atomic E-state index is 13.3. The molecule has 0 aliphatic carbocycles. The van der Waals surface area contributed by atoms with Crippen LogP contribution in [0.1, 0.15) is 27.8 Å². The fraction of sp³-hybridized carbons (Fsp3) is 0.160. The van der Waals surface area contributed by atoms with Gasteiger partial charge in [-0.25, -0.2) is 14.0 Å². The van der Waals surface area contributed by atoms with Crippen LogP contribution in [-0.4, -0.2) is 72.0 Å². The Kier molecular flexibility index (Phi) is 9.13. The summed E-state index contributed by atoms with van der Waals surface area (Å²) in [4.78, 5) is 40.7. The molecule has 38 heavy (non-hydrogen) atoms. The Labute approximate surface area is 215 Å². The molecule has 0 aliphatic rings. The minimum Gasteiger partial charge on any atom is -0.478 e. The SMILES string of the molecule is CN(C)C(=O)c1noc(Cn2nc(-c3ccncc3)cc2Cc2ccc(F)cc2)n1.O=C(O)C=CC(=O)O. The van der Waals surface area contributed by atoms with Crippen LogP contribution in [0.2, 0.25) is 0 Å². The molecule has 0 saturated heterocycles. The number of carboxylic acids is 2. The lowest BCUT2D eigenvalue weighted by Gasteiger charge is -2.05. The predicted molar refractivity (Wildman–Crippen MR) is 130 cm³/mol. The third-order valence-electron chi connectivity index (χ3n) is 4.86. The van der Waals surface area contributed by atoms with E-state index in [1.165, 1.54) is 17.0 Å². The number of nitrogens with zero attached hydrogens (tertiary/aromatic N) is 6. The second kappa shape index (κ2) is 12.7. The van der Waals surface area contributed by atoms with E-state index >= 15 is 0 Å². The fourth-order valence-electron chi connectivity index (χ4n) is 3.09. The second-order valence-corrected chi connectivity index (χ2v) is 7.94. The van der Waals surface area contributed by atoms with Gasteiger partial charge in [-0.1, -0.05) is 17.3 Å². The van der Waals surface area contributed by atoms with Gasteiger partial charge in [0.05, 0.1) is 5.69 Å². The first-order valence-electron chi connectivity index (χ1n) is 11.0. The molecule has 3 heterocycles. The first-order chi connectivity index (χ1) is 18.1. The molecule has 2 N–H and O–H groups in total. The monoisotopic (exact) mass is 522 g/mol. The van der Waals surface area contributed by atoms with E-state index in [2.05, 4.69) is 20.2 Å². The van der Waals surface area contributed by atoms with E-state index in [0.717, 1.165) is 22.5 Å². The summed E-state index contributed by atoms with van der Waals surface area (Å²) in [6, 6.07) is 12.0. The van der Waals surface area contributed by atoms with E-state index in [4.69, 9.17) is 14.7 Å². The summed E-state index contributed by atoms with van der Waals surface area (Å²) in [5.41, 5.74) is 3.50. The van der Waals surface area contributed by atoms with E-state index < -0.39 is 11.9 Å². The third-order valence-corrected chi connectivity index (χ3v) is 4.86. The molecule has 4 rings (SSSR count). The van der Waals surface area contributed by atoms with E-state index in [-0.39, 0.29) is 30.0 Å². The van der Waals surface area contributed by atoms with Crippen molar-refractivity contribution in [3.05, 3.63) is 95.8 Å². The van der Waals surface area contributed by atoms with Crippen LogP contribution in [0.5, 0.6) is 0 Å². The third kappa shape index (κ3) is 7.91. The number of amides is 1. The Morgan fingerprint density at radius 3 is 2.24 bits per heavy atom. The quantitative estimate of drug-likeness (QED) is 0.329. The molecule has 196 valence electrons. The first-order valence-corrected chi connectivity index (χ1v) is 11.0. The van der Waals surface area contributed by atoms with Crippen LogP contribution in [0.4, 0.5) is 4.39 Å². The van der Waals surface area contributed by atoms with Gasteiger partial charge in [-0.05, 0) is 35.9 Å². The average Bonchev–Trinajstić information content (AvgIpc) is 3.52. The fourth-order valence-corrected chi connectivity index (χ4v) is 3.09. The molecule has 12 nitrogen and oxygen atoms in total. The van der Waals surface area contributed by atoms with Gasteiger partial charge in [0.1, 0.15) is 12.4 Å². The van der Waals surface area contributed by atoms with E-state index in [0.29, 0.717) is 18.6 Å². The van der Waals surface area contributed by atoms with E-state index in [1.807, 2.05) is 18.2 Å². The molecule has 4 aromatic rings. The van der Waals surface area contributed by atoms with Gasteiger partial charge in [-0.2, -0.15) is 10.1 Å². The van der Waals surface area contributed by atoms with Crippen molar-refractivity contribution >= 4 is 17.8 Å². The maximum Gasteiger partial charge on any atom is 0.328 e. The topological polar surface area (TPSA) is 165 Å². The molecule has 1 aromatic carbocycles. The van der Waals surface area contributed by atoms with Crippen molar-refractivity contribution in [2.75, 3.05) is 14.1 Å². The normalized spacial score (nSPS) is 10.6. The van der Waals surface area contributed by atoms with Crippen LogP contribution in [0, 0.1) is 5.82 Å². The van der Waals surface area contributed by atoms with Crippen LogP contribution < -0.4 is 0 Å². The molecule has 0 bridgehead atoms. The van der Waals surface area contributed by atoms with Crippen molar-refractivity contribution < 1.29 is 33.5 Å². The van der Waals surface area contributed by atoms with Crippen molar-refractivity contribution in [1.82, 2.24) is 29.8 Å². The smallest absolute Gasteiger partial charge is 0.328 e. The van der Waals surface area contributed by atoms with Crippen LogP contribution in [0.15, 0.2) is 71.5 Å². The number of carboxylic acid groups (broad SMARTS) is 2. The molecule has 0 spiro atoms. The van der Waals surface area contributed by atoms with Crippen molar-refractivity contribution in [3.8, 4) is 11.3 Å². The maximum atomic E-state index is 13.3. The van der Waals surface area contributed by atoms with Gasteiger partial charge in [0.25, 0.3) is 11.7 Å². The summed E-state index contributed by atoms with van der Waals surface area (Å²) in [7, 11) is 3.24. The van der Waals surface area contributed by atoms with Gasteiger partial charge in [0.2, 0.25) is 5.89 Å². The second-order valence-electron chi connectivity index (χ2n) is 7.94. The van der Waals surface area contributed by atoms with Gasteiger partial charge >= 0.3 is 11.9 Å². The predicted octanol–water partition coefficient (Wildman–Crippen LogP) is 2.52. The average molecular weight is 522 g/mol. The number of carbonyl (C=O) groups is 3. The number of carbonyl (C=O) groups excluding carboxylic acids is 1. The molecular weight excluding hydrogens is 499 g/mol. The Morgan fingerprint density at radius 1 is 1.03 bits per heavy atom. The van der Waals surface area contributed by atoms with Gasteiger partial charge < -0.3 is 19.6 Å². The number of hydrogen-bond donors (Lipinski definition) is 2. The van der Waals surface area contributed by atoms with Crippen LogP contribution in [0.25, 0.3) is 11.3 Å². The lowest BCUT2D eigenvalue weighted by Crippen LogP contribution is -2.22. The Bertz CT molecular complexity index is 1410. The largest absolute Gasteiger partial charge is 0.478 e. The minimum absolute atomic E-state index is 0.00315. The molecule has 0 radical (unpaired) electrons. The summed E-state index contributed by atoms with van der Waals surface area (Å²) in [6.45, 7) is 0.204. The van der Waals surface area contributed by atoms with E-state index in [9.17, 15) is 18.8 Å². The zero-order chi connectivity index (χ0) is 27.7. The van der Waals surface area contributed by atoms with Crippen molar-refractivity contribution in [1.29, 1.82) is 0 Å². The number of aromatic nitrogens is 5. The Morgan fingerprint density at radius 2 is 1.66 bits per heavy atom. The standard InChI is InChI=1S/C21H19FN6O2.C4H4O4/c1-27(2)21(29)20-24-19(30-26-20)13-28-17(11-14-3-5-16(22)6-4-14)12-18(25-28)15-7-9-23-10-8-15;5-3(6)1-2-4(7)8/h3-10,12H,11,13H2,1-2H3;1-2H,(H,5,6)(H,7,8). The molecule has 0 aliphatic heterocycles. The molecule has 3 aromatic heterocycles. The zero-order valence-electron chi connectivity index (χ0n) is 20.4. The van der Waals surface area contributed by atoms with Crippen LogP contribution in [-0.2, 0) is 22.6 Å². The number of benzene rings is 1. The lowest BCUT2D eigenvalue weighted by atomic mass is 10.1. The number of pyridine rings is 1. The van der Waals surface area contributed by atoms with Gasteiger partial charge in [0.15, 0.2) is 0 Å². The minimum atomic E-state index is -1.26. The van der Waals surface area contributed by atoms with Gasteiger partial charge in [0, 0.05) is 56.3 Å².